The Morgan fingerprint density at radius 1 is 1.19 bits per heavy atom. The minimum absolute atomic E-state index is 0.318. The summed E-state index contributed by atoms with van der Waals surface area (Å²) in [6.45, 7) is 0. The Morgan fingerprint density at radius 3 is 2.43 bits per heavy atom. The van der Waals surface area contributed by atoms with Crippen molar-refractivity contribution < 1.29 is 14.3 Å². The van der Waals surface area contributed by atoms with Crippen molar-refractivity contribution in [2.24, 2.45) is 0 Å². The molecule has 0 aromatic heterocycles. The molecule has 1 saturated heterocycles. The summed E-state index contributed by atoms with van der Waals surface area (Å²) in [5.41, 5.74) is -0.132. The van der Waals surface area contributed by atoms with Crippen LogP contribution in [0, 0.1) is 11.3 Å². The number of carbonyl (C=O) groups is 1. The van der Waals surface area contributed by atoms with Gasteiger partial charge in [-0.3, -0.25) is 4.79 Å². The lowest BCUT2D eigenvalue weighted by Gasteiger charge is -2.05. The second-order valence-corrected chi connectivity index (χ2v) is 4.81. The van der Waals surface area contributed by atoms with Gasteiger partial charge in [0, 0.05) is 5.56 Å². The number of ether oxygens (including phenoxy) is 2. The molecule has 0 amide bonds. The second-order valence-electron chi connectivity index (χ2n) is 4.81. The van der Waals surface area contributed by atoms with Gasteiger partial charge in [0.25, 0.3) is 0 Å². The average Bonchev–Trinajstić information content (AvgIpc) is 3.31. The molecule has 0 unspecified atom stereocenters. The van der Waals surface area contributed by atoms with Crippen LogP contribution in [0.4, 0.5) is 0 Å². The normalized spacial score (nSPS) is 23.1. The van der Waals surface area contributed by atoms with Gasteiger partial charge in [0.05, 0.1) is 7.11 Å². The molecular weight excluding hydrogens is 266 g/mol. The highest BCUT2D eigenvalue weighted by Gasteiger charge is 2.64. The van der Waals surface area contributed by atoms with E-state index in [1.54, 1.807) is 31.4 Å². The zero-order valence-corrected chi connectivity index (χ0v) is 11.4. The fourth-order valence-corrected chi connectivity index (χ4v) is 2.35. The summed E-state index contributed by atoms with van der Waals surface area (Å²) in [5, 5.41) is 9.40. The van der Waals surface area contributed by atoms with Crippen molar-refractivity contribution >= 4 is 5.78 Å². The maximum absolute atomic E-state index is 12.6. The van der Waals surface area contributed by atoms with Crippen molar-refractivity contribution in [3.8, 4) is 11.8 Å². The Hall–Kier alpha value is -2.64. The first-order chi connectivity index (χ1) is 10.2. The number of benzene rings is 2. The Bertz CT molecular complexity index is 703. The van der Waals surface area contributed by atoms with E-state index in [9.17, 15) is 10.1 Å². The van der Waals surface area contributed by atoms with E-state index in [0.717, 1.165) is 5.56 Å². The molecule has 3 rings (SSSR count). The van der Waals surface area contributed by atoms with Crippen LogP contribution < -0.4 is 4.74 Å². The van der Waals surface area contributed by atoms with Crippen molar-refractivity contribution in [2.45, 2.75) is 11.7 Å². The van der Waals surface area contributed by atoms with Gasteiger partial charge in [-0.25, -0.2) is 0 Å². The van der Waals surface area contributed by atoms with Gasteiger partial charge in [-0.15, -0.1) is 0 Å². The molecule has 2 aromatic carbocycles. The minimum Gasteiger partial charge on any atom is -0.497 e. The standard InChI is InChI=1S/C17H13NO3/c1-20-14-9-7-12(8-10-14)15(19)17(11-18)16(21-17)13-5-3-2-4-6-13/h2-10,16H,1H3/t16-,17-/m0/s1. The monoisotopic (exact) mass is 279 g/mol. The summed E-state index contributed by atoms with van der Waals surface area (Å²) in [6.07, 6.45) is -0.502. The van der Waals surface area contributed by atoms with E-state index < -0.39 is 11.7 Å². The van der Waals surface area contributed by atoms with Gasteiger partial charge >= 0.3 is 0 Å². The molecule has 0 radical (unpaired) electrons. The Labute approximate surface area is 122 Å². The number of carbonyl (C=O) groups excluding carboxylic acids is 1. The van der Waals surface area contributed by atoms with Crippen LogP contribution in [0.15, 0.2) is 54.6 Å². The number of nitrogens with zero attached hydrogens (tertiary/aromatic N) is 1. The molecule has 0 N–H and O–H groups in total. The first kappa shape index (κ1) is 13.3. The number of hydrogen-bond donors (Lipinski definition) is 0. The lowest BCUT2D eigenvalue weighted by Crippen LogP contribution is -2.23. The molecule has 1 heterocycles. The molecule has 1 aliphatic rings. The summed E-state index contributed by atoms with van der Waals surface area (Å²) >= 11 is 0. The highest BCUT2D eigenvalue weighted by molar-refractivity contribution is 6.07. The van der Waals surface area contributed by atoms with Crippen molar-refractivity contribution in [3.63, 3.8) is 0 Å². The summed E-state index contributed by atoms with van der Waals surface area (Å²) < 4.78 is 10.5. The third kappa shape index (κ3) is 2.18. The molecule has 4 nitrogen and oxygen atoms in total. The highest BCUT2D eigenvalue weighted by Crippen LogP contribution is 2.51. The number of methoxy groups -OCH3 is 1. The van der Waals surface area contributed by atoms with Gasteiger partial charge < -0.3 is 9.47 Å². The molecular formula is C17H13NO3. The van der Waals surface area contributed by atoms with Crippen LogP contribution in [0.3, 0.4) is 0 Å². The maximum atomic E-state index is 12.6. The fraction of sp³-hybridized carbons (Fsp3) is 0.176. The Balaban J connectivity index is 1.88. The van der Waals surface area contributed by atoms with Crippen molar-refractivity contribution in [3.05, 3.63) is 65.7 Å². The first-order valence-electron chi connectivity index (χ1n) is 6.54. The third-order valence-electron chi connectivity index (χ3n) is 3.57. The number of epoxide rings is 1. The van der Waals surface area contributed by atoms with Gasteiger partial charge in [-0.05, 0) is 29.8 Å². The van der Waals surface area contributed by atoms with E-state index in [1.807, 2.05) is 36.4 Å². The predicted molar refractivity (Wildman–Crippen MR) is 75.9 cm³/mol. The zero-order valence-electron chi connectivity index (χ0n) is 11.4. The molecule has 1 aliphatic heterocycles. The first-order valence-corrected chi connectivity index (χ1v) is 6.54. The topological polar surface area (TPSA) is 62.6 Å². The van der Waals surface area contributed by atoms with Gasteiger partial charge in [-0.1, -0.05) is 30.3 Å². The number of ketones is 1. The van der Waals surface area contributed by atoms with E-state index in [1.165, 1.54) is 0 Å². The molecule has 0 aliphatic carbocycles. The van der Waals surface area contributed by atoms with Gasteiger partial charge in [0.15, 0.2) is 0 Å². The van der Waals surface area contributed by atoms with E-state index in [-0.39, 0.29) is 5.78 Å². The minimum atomic E-state index is -1.41. The molecule has 2 atom stereocenters. The van der Waals surface area contributed by atoms with Gasteiger partial charge in [-0.2, -0.15) is 5.26 Å². The molecule has 0 spiro atoms. The van der Waals surface area contributed by atoms with Crippen LogP contribution >= 0.6 is 0 Å². The van der Waals surface area contributed by atoms with Crippen LogP contribution in [-0.2, 0) is 4.74 Å². The molecule has 4 heteroatoms. The summed E-state index contributed by atoms with van der Waals surface area (Å²) in [4.78, 5) is 12.6. The Morgan fingerprint density at radius 2 is 1.86 bits per heavy atom. The number of nitriles is 1. The lowest BCUT2D eigenvalue weighted by molar-refractivity contribution is 0.0914. The number of rotatable bonds is 4. The van der Waals surface area contributed by atoms with Crippen LogP contribution in [-0.4, -0.2) is 18.5 Å². The van der Waals surface area contributed by atoms with Gasteiger partial charge in [0.1, 0.15) is 17.9 Å². The molecule has 1 fully saturated rings. The second kappa shape index (κ2) is 5.04. The van der Waals surface area contributed by atoms with Crippen LogP contribution in [0.1, 0.15) is 22.0 Å². The maximum Gasteiger partial charge on any atom is 0.248 e. The van der Waals surface area contributed by atoms with Crippen molar-refractivity contribution in [1.29, 1.82) is 5.26 Å². The molecule has 104 valence electrons. The largest absolute Gasteiger partial charge is 0.497 e. The molecule has 21 heavy (non-hydrogen) atoms. The lowest BCUT2D eigenvalue weighted by atomic mass is 9.92. The molecule has 0 saturated carbocycles. The van der Waals surface area contributed by atoms with E-state index >= 15 is 0 Å². The SMILES string of the molecule is COc1ccc(C(=O)[C@]2(C#N)O[C@H]2c2ccccc2)cc1. The average molecular weight is 279 g/mol. The van der Waals surface area contributed by atoms with Crippen molar-refractivity contribution in [1.82, 2.24) is 0 Å². The smallest absolute Gasteiger partial charge is 0.248 e. The van der Waals surface area contributed by atoms with Crippen LogP contribution in [0.25, 0.3) is 0 Å². The van der Waals surface area contributed by atoms with E-state index in [0.29, 0.717) is 11.3 Å². The summed E-state index contributed by atoms with van der Waals surface area (Å²) in [5.74, 6) is 0.343. The molecule has 2 aromatic rings. The van der Waals surface area contributed by atoms with E-state index in [2.05, 4.69) is 0 Å². The van der Waals surface area contributed by atoms with Crippen LogP contribution in [0.2, 0.25) is 0 Å². The molecule has 0 bridgehead atoms. The van der Waals surface area contributed by atoms with E-state index in [4.69, 9.17) is 9.47 Å². The fourth-order valence-electron chi connectivity index (χ4n) is 2.35. The summed E-state index contributed by atoms with van der Waals surface area (Å²) in [7, 11) is 1.56. The number of Topliss-reactive ketones (excluding diaryl/α,β-unsaturated/α-hetero) is 1. The summed E-state index contributed by atoms with van der Waals surface area (Å²) in [6, 6.07) is 18.0. The zero-order chi connectivity index (χ0) is 14.9. The van der Waals surface area contributed by atoms with Crippen molar-refractivity contribution in [2.75, 3.05) is 7.11 Å². The number of hydrogen-bond acceptors (Lipinski definition) is 4. The Kier molecular flexibility index (Phi) is 3.20. The third-order valence-corrected chi connectivity index (χ3v) is 3.57. The van der Waals surface area contributed by atoms with Gasteiger partial charge in [0.2, 0.25) is 11.4 Å². The highest BCUT2D eigenvalue weighted by atomic mass is 16.6. The quantitative estimate of drug-likeness (QED) is 0.637. The van der Waals surface area contributed by atoms with Crippen LogP contribution in [0.5, 0.6) is 5.75 Å². The predicted octanol–water partition coefficient (Wildman–Crippen LogP) is 2.91.